The van der Waals surface area contributed by atoms with Gasteiger partial charge in [-0.1, -0.05) is 6.07 Å². The molecule has 0 unspecified atom stereocenters. The lowest BCUT2D eigenvalue weighted by atomic mass is 9.94. The van der Waals surface area contributed by atoms with E-state index < -0.39 is 5.97 Å². The van der Waals surface area contributed by atoms with Crippen LogP contribution in [-0.4, -0.2) is 46.5 Å². The largest absolute Gasteiger partial charge is 0.487 e. The molecule has 2 aliphatic heterocycles. The van der Waals surface area contributed by atoms with Crippen LogP contribution in [0.4, 0.5) is 6.01 Å². The predicted octanol–water partition coefficient (Wildman–Crippen LogP) is 4.37. The van der Waals surface area contributed by atoms with Gasteiger partial charge < -0.3 is 28.5 Å². The van der Waals surface area contributed by atoms with Crippen LogP contribution in [-0.2, 0) is 35.6 Å². The summed E-state index contributed by atoms with van der Waals surface area (Å²) in [6.07, 6.45) is 8.09. The Kier molecular flexibility index (Phi) is 7.30. The Labute approximate surface area is 215 Å². The maximum atomic E-state index is 12.8. The van der Waals surface area contributed by atoms with Gasteiger partial charge in [-0.25, -0.2) is 0 Å². The van der Waals surface area contributed by atoms with Gasteiger partial charge in [-0.3, -0.25) is 9.59 Å². The zero-order chi connectivity index (χ0) is 25.8. The van der Waals surface area contributed by atoms with Gasteiger partial charge in [0.15, 0.2) is 0 Å². The van der Waals surface area contributed by atoms with Crippen LogP contribution in [0.5, 0.6) is 5.75 Å². The molecule has 5 rings (SSSR count). The van der Waals surface area contributed by atoms with E-state index >= 15 is 0 Å². The third-order valence-corrected chi connectivity index (χ3v) is 6.87. The third kappa shape index (κ3) is 5.87. The highest BCUT2D eigenvalue weighted by Gasteiger charge is 2.23. The number of oxazole rings is 1. The summed E-state index contributed by atoms with van der Waals surface area (Å²) in [7, 11) is 0. The van der Waals surface area contributed by atoms with Crippen LogP contribution in [0.25, 0.3) is 6.08 Å². The third-order valence-electron chi connectivity index (χ3n) is 6.87. The number of aryl methyl sites for hydroxylation is 2. The smallest absolute Gasteiger partial charge is 0.303 e. The van der Waals surface area contributed by atoms with Gasteiger partial charge in [0.1, 0.15) is 29.6 Å². The van der Waals surface area contributed by atoms with Crippen molar-refractivity contribution in [3.63, 3.8) is 0 Å². The first-order valence-corrected chi connectivity index (χ1v) is 12.7. The molecular formula is C28H31N3O6. The molecule has 2 aliphatic rings. The molecule has 1 N–H and O–H groups in total. The number of amides is 1. The summed E-state index contributed by atoms with van der Waals surface area (Å²) < 4.78 is 17.4. The van der Waals surface area contributed by atoms with Crippen LogP contribution < -0.4 is 9.64 Å². The average molecular weight is 506 g/mol. The number of nitrogens with zero attached hydrogens (tertiary/aromatic N) is 3. The highest BCUT2D eigenvalue weighted by atomic mass is 16.5. The van der Waals surface area contributed by atoms with Crippen LogP contribution in [0.2, 0.25) is 0 Å². The van der Waals surface area contributed by atoms with Crippen LogP contribution in [0.15, 0.2) is 45.4 Å². The van der Waals surface area contributed by atoms with E-state index in [9.17, 15) is 14.7 Å². The zero-order valence-electron chi connectivity index (χ0n) is 20.9. The minimum Gasteiger partial charge on any atom is -0.487 e. The number of furan rings is 1. The second-order valence-corrected chi connectivity index (χ2v) is 9.46. The lowest BCUT2D eigenvalue weighted by Crippen LogP contribution is -2.34. The number of carbonyl (C=O) groups is 2. The molecule has 3 aromatic rings. The molecule has 9 nitrogen and oxygen atoms in total. The number of aromatic nitrogens is 1. The molecule has 1 fully saturated rings. The van der Waals surface area contributed by atoms with Gasteiger partial charge in [0.05, 0.1) is 6.26 Å². The average Bonchev–Trinajstić information content (AvgIpc) is 3.67. The zero-order valence-corrected chi connectivity index (χ0v) is 20.9. The van der Waals surface area contributed by atoms with Crippen LogP contribution in [0, 0.1) is 6.92 Å². The fourth-order valence-corrected chi connectivity index (χ4v) is 4.78. The first-order valence-electron chi connectivity index (χ1n) is 12.7. The fourth-order valence-electron chi connectivity index (χ4n) is 4.78. The predicted molar refractivity (Wildman–Crippen MR) is 136 cm³/mol. The number of anilines is 1. The Morgan fingerprint density at radius 3 is 2.78 bits per heavy atom. The molecule has 37 heavy (non-hydrogen) atoms. The second-order valence-electron chi connectivity index (χ2n) is 9.46. The SMILES string of the molecule is Cc1oc(N2CCCC2)nc1COc1cc2c(cc1CCC(=O)O)CCN(C(=O)/C=C/c1ccco1)C2. The summed E-state index contributed by atoms with van der Waals surface area (Å²) in [5.41, 5.74) is 3.68. The van der Waals surface area contributed by atoms with Gasteiger partial charge in [-0.2, -0.15) is 4.98 Å². The maximum Gasteiger partial charge on any atom is 0.303 e. The molecule has 2 aromatic heterocycles. The lowest BCUT2D eigenvalue weighted by molar-refractivity contribution is -0.137. The minimum absolute atomic E-state index is 0.0133. The Morgan fingerprint density at radius 2 is 2.03 bits per heavy atom. The monoisotopic (exact) mass is 505 g/mol. The number of hydrogen-bond donors (Lipinski definition) is 1. The van der Waals surface area contributed by atoms with Crippen molar-refractivity contribution in [3.05, 3.63) is 70.5 Å². The van der Waals surface area contributed by atoms with Gasteiger partial charge >= 0.3 is 5.97 Å². The van der Waals surface area contributed by atoms with E-state index in [1.165, 1.54) is 6.08 Å². The molecule has 0 atom stereocenters. The summed E-state index contributed by atoms with van der Waals surface area (Å²) in [6.45, 7) is 5.02. The Hall–Kier alpha value is -4.01. The number of hydrogen-bond acceptors (Lipinski definition) is 7. The highest BCUT2D eigenvalue weighted by molar-refractivity contribution is 5.91. The van der Waals surface area contributed by atoms with Gasteiger partial charge in [0.25, 0.3) is 6.01 Å². The molecule has 194 valence electrons. The summed E-state index contributed by atoms with van der Waals surface area (Å²) in [5.74, 6) is 1.01. The molecule has 9 heteroatoms. The van der Waals surface area contributed by atoms with E-state index in [0.717, 1.165) is 48.3 Å². The van der Waals surface area contributed by atoms with Crippen molar-refractivity contribution in [2.75, 3.05) is 24.5 Å². The standard InChI is InChI=1S/C28H31N3O6/c1-19-24(29-28(37-19)30-11-2-3-12-30)18-36-25-16-22-17-31(26(32)8-7-23-5-4-14-35-23)13-10-20(22)15-21(25)6-9-27(33)34/h4-5,7-8,14-16H,2-3,6,9-13,17-18H2,1H3,(H,33,34)/b8-7+. The molecule has 4 heterocycles. The summed E-state index contributed by atoms with van der Waals surface area (Å²) in [4.78, 5) is 32.6. The summed E-state index contributed by atoms with van der Waals surface area (Å²) >= 11 is 0. The maximum absolute atomic E-state index is 12.8. The van der Waals surface area contributed by atoms with E-state index in [1.54, 1.807) is 29.4 Å². The van der Waals surface area contributed by atoms with Crippen molar-refractivity contribution in [2.24, 2.45) is 0 Å². The number of aliphatic carboxylic acids is 1. The van der Waals surface area contributed by atoms with E-state index in [-0.39, 0.29) is 18.9 Å². The van der Waals surface area contributed by atoms with Crippen molar-refractivity contribution < 1.29 is 28.3 Å². The number of carboxylic acid groups (broad SMARTS) is 1. The quantitative estimate of drug-likeness (QED) is 0.427. The number of carbonyl (C=O) groups excluding carboxylic acids is 1. The van der Waals surface area contributed by atoms with Gasteiger partial charge in [0.2, 0.25) is 5.91 Å². The molecule has 0 radical (unpaired) electrons. The number of benzene rings is 1. The minimum atomic E-state index is -0.855. The molecular weight excluding hydrogens is 474 g/mol. The van der Waals surface area contributed by atoms with Crippen LogP contribution in [0.3, 0.4) is 0 Å². The first-order chi connectivity index (χ1) is 18.0. The van der Waals surface area contributed by atoms with Crippen molar-refractivity contribution in [1.29, 1.82) is 0 Å². The van der Waals surface area contributed by atoms with Crippen molar-refractivity contribution >= 4 is 24.0 Å². The lowest BCUT2D eigenvalue weighted by Gasteiger charge is -2.29. The molecule has 1 amide bonds. The van der Waals surface area contributed by atoms with Crippen molar-refractivity contribution in [3.8, 4) is 5.75 Å². The number of fused-ring (bicyclic) bond motifs is 1. The van der Waals surface area contributed by atoms with E-state index in [2.05, 4.69) is 9.88 Å². The number of rotatable bonds is 9. The summed E-state index contributed by atoms with van der Waals surface area (Å²) in [5, 5.41) is 9.24. The Bertz CT molecular complexity index is 1290. The highest BCUT2D eigenvalue weighted by Crippen LogP contribution is 2.31. The van der Waals surface area contributed by atoms with Crippen LogP contribution >= 0.6 is 0 Å². The molecule has 0 saturated carbocycles. The second kappa shape index (κ2) is 10.9. The van der Waals surface area contributed by atoms with E-state index in [0.29, 0.717) is 49.2 Å². The molecule has 0 bridgehead atoms. The van der Waals surface area contributed by atoms with Crippen LogP contribution in [0.1, 0.15) is 53.2 Å². The van der Waals surface area contributed by atoms with Crippen molar-refractivity contribution in [1.82, 2.24) is 9.88 Å². The van der Waals surface area contributed by atoms with E-state index in [4.69, 9.17) is 13.6 Å². The van der Waals surface area contributed by atoms with Gasteiger partial charge in [-0.05, 0) is 73.6 Å². The number of ether oxygens (including phenoxy) is 1. The van der Waals surface area contributed by atoms with Crippen molar-refractivity contribution in [2.45, 2.75) is 52.2 Å². The van der Waals surface area contributed by atoms with Gasteiger partial charge in [-0.15, -0.1) is 0 Å². The molecule has 0 spiro atoms. The fraction of sp³-hybridized carbons (Fsp3) is 0.393. The normalized spacial score (nSPS) is 15.4. The Balaban J connectivity index is 1.33. The van der Waals surface area contributed by atoms with Gasteiger partial charge in [0, 0.05) is 38.7 Å². The topological polar surface area (TPSA) is 109 Å². The molecule has 1 saturated heterocycles. The first kappa shape index (κ1) is 24.7. The number of carboxylic acids is 1. The molecule has 0 aliphatic carbocycles. The summed E-state index contributed by atoms with van der Waals surface area (Å²) in [6, 6.07) is 8.17. The van der Waals surface area contributed by atoms with E-state index in [1.807, 2.05) is 19.1 Å². The molecule has 1 aromatic carbocycles. The Morgan fingerprint density at radius 1 is 1.19 bits per heavy atom.